The molecule has 0 saturated carbocycles. The number of hydrogen-bond donors (Lipinski definition) is 0. The summed E-state index contributed by atoms with van der Waals surface area (Å²) in [7, 11) is 0. The Labute approximate surface area is 148 Å². The summed E-state index contributed by atoms with van der Waals surface area (Å²) in [4.78, 5) is 18.7. The molecule has 0 N–H and O–H groups in total. The third-order valence-electron chi connectivity index (χ3n) is 4.32. The first-order valence-electron chi connectivity index (χ1n) is 8.96. The molecule has 0 bridgehead atoms. The maximum atomic E-state index is 12.2. The lowest BCUT2D eigenvalue weighted by atomic mass is 10.0. The Hall–Kier alpha value is -2.24. The van der Waals surface area contributed by atoms with Crippen molar-refractivity contribution in [3.63, 3.8) is 0 Å². The Kier molecular flexibility index (Phi) is 4.88. The van der Waals surface area contributed by atoms with Gasteiger partial charge in [0, 0.05) is 19.1 Å². The number of likely N-dealkylation sites (tertiary alicyclic amines) is 1. The van der Waals surface area contributed by atoms with Crippen LogP contribution in [0.15, 0.2) is 24.3 Å². The number of fused-ring (bicyclic) bond motifs is 1. The van der Waals surface area contributed by atoms with E-state index in [2.05, 4.69) is 15.6 Å². The number of ether oxygens (including phenoxy) is 2. The number of imidazole rings is 1. The number of rotatable bonds is 3. The number of carbonyl (C=O) groups excluding carboxylic acids is 1. The van der Waals surface area contributed by atoms with Gasteiger partial charge in [0.25, 0.3) is 6.01 Å². The summed E-state index contributed by atoms with van der Waals surface area (Å²) in [6.07, 6.45) is 1.49. The number of aromatic nitrogens is 2. The number of para-hydroxylation sites is 2. The molecule has 0 aliphatic carbocycles. The highest BCUT2D eigenvalue weighted by atomic mass is 16.6. The van der Waals surface area contributed by atoms with Gasteiger partial charge < -0.3 is 14.4 Å². The summed E-state index contributed by atoms with van der Waals surface area (Å²) in [6, 6.07) is 9.02. The second kappa shape index (κ2) is 6.94. The van der Waals surface area contributed by atoms with E-state index in [9.17, 15) is 4.79 Å². The van der Waals surface area contributed by atoms with Crippen molar-refractivity contribution >= 4 is 17.1 Å². The zero-order valence-corrected chi connectivity index (χ0v) is 15.5. The van der Waals surface area contributed by atoms with E-state index >= 15 is 0 Å². The molecule has 1 fully saturated rings. The van der Waals surface area contributed by atoms with Crippen LogP contribution in [0.25, 0.3) is 11.0 Å². The third kappa shape index (κ3) is 3.89. The lowest BCUT2D eigenvalue weighted by Gasteiger charge is -2.34. The van der Waals surface area contributed by atoms with Gasteiger partial charge >= 0.3 is 6.09 Å². The lowest BCUT2D eigenvalue weighted by Crippen LogP contribution is -2.42. The number of piperidine rings is 1. The quantitative estimate of drug-likeness (QED) is 0.843. The van der Waals surface area contributed by atoms with Crippen LogP contribution in [0.3, 0.4) is 0 Å². The van der Waals surface area contributed by atoms with Crippen LogP contribution in [0.2, 0.25) is 0 Å². The summed E-state index contributed by atoms with van der Waals surface area (Å²) >= 11 is 0. The molecule has 6 nitrogen and oxygen atoms in total. The molecule has 0 unspecified atom stereocenters. The molecule has 136 valence electrons. The molecule has 0 atom stereocenters. The summed E-state index contributed by atoms with van der Waals surface area (Å²) in [6.45, 7) is 9.58. The average molecular weight is 345 g/mol. The topological polar surface area (TPSA) is 56.6 Å². The Morgan fingerprint density at radius 3 is 2.56 bits per heavy atom. The van der Waals surface area contributed by atoms with Crippen molar-refractivity contribution in [3.8, 4) is 6.01 Å². The van der Waals surface area contributed by atoms with Crippen molar-refractivity contribution in [2.75, 3.05) is 19.7 Å². The molecule has 2 aromatic rings. The van der Waals surface area contributed by atoms with E-state index in [1.807, 2.05) is 45.9 Å². The molecule has 1 saturated heterocycles. The van der Waals surface area contributed by atoms with Crippen molar-refractivity contribution in [3.05, 3.63) is 24.3 Å². The van der Waals surface area contributed by atoms with Crippen molar-refractivity contribution in [2.45, 2.75) is 52.2 Å². The first-order valence-corrected chi connectivity index (χ1v) is 8.96. The maximum Gasteiger partial charge on any atom is 0.410 e. The van der Waals surface area contributed by atoms with Crippen LogP contribution < -0.4 is 4.74 Å². The molecule has 25 heavy (non-hydrogen) atoms. The minimum absolute atomic E-state index is 0.230. The van der Waals surface area contributed by atoms with E-state index in [1.165, 1.54) is 0 Å². The van der Waals surface area contributed by atoms with Gasteiger partial charge in [0.2, 0.25) is 0 Å². The minimum atomic E-state index is -0.462. The molecular formula is C19H27N3O3. The van der Waals surface area contributed by atoms with Crippen LogP contribution in [0.5, 0.6) is 6.01 Å². The van der Waals surface area contributed by atoms with Crippen molar-refractivity contribution < 1.29 is 14.3 Å². The van der Waals surface area contributed by atoms with Crippen molar-refractivity contribution in [1.29, 1.82) is 0 Å². The van der Waals surface area contributed by atoms with E-state index in [4.69, 9.17) is 9.47 Å². The van der Waals surface area contributed by atoms with Crippen LogP contribution in [0.1, 0.15) is 46.6 Å². The number of benzene rings is 1. The van der Waals surface area contributed by atoms with E-state index in [0.717, 1.165) is 23.9 Å². The Morgan fingerprint density at radius 1 is 1.24 bits per heavy atom. The SMILES string of the molecule is CCOc1nc2ccccc2n1C1CCN(C(=O)OC(C)(C)C)CC1. The third-order valence-corrected chi connectivity index (χ3v) is 4.32. The van der Waals surface area contributed by atoms with Crippen molar-refractivity contribution in [1.82, 2.24) is 14.5 Å². The van der Waals surface area contributed by atoms with Gasteiger partial charge in [-0.1, -0.05) is 12.1 Å². The van der Waals surface area contributed by atoms with E-state index in [1.54, 1.807) is 4.90 Å². The fourth-order valence-electron chi connectivity index (χ4n) is 3.24. The Bertz CT molecular complexity index is 740. The van der Waals surface area contributed by atoms with Crippen LogP contribution in [-0.4, -0.2) is 45.8 Å². The van der Waals surface area contributed by atoms with Crippen LogP contribution in [-0.2, 0) is 4.74 Å². The number of hydrogen-bond acceptors (Lipinski definition) is 4. The normalized spacial score (nSPS) is 16.2. The molecule has 1 aliphatic rings. The average Bonchev–Trinajstić information content (AvgIpc) is 2.92. The lowest BCUT2D eigenvalue weighted by molar-refractivity contribution is 0.0187. The minimum Gasteiger partial charge on any atom is -0.465 e. The van der Waals surface area contributed by atoms with Gasteiger partial charge in [0.05, 0.1) is 17.6 Å². The fourth-order valence-corrected chi connectivity index (χ4v) is 3.24. The molecule has 3 rings (SSSR count). The molecule has 0 spiro atoms. The zero-order chi connectivity index (χ0) is 18.0. The van der Waals surface area contributed by atoms with E-state index < -0.39 is 5.60 Å². The summed E-state index contributed by atoms with van der Waals surface area (Å²) in [5, 5.41) is 0. The molecular weight excluding hydrogens is 318 g/mol. The summed E-state index contributed by atoms with van der Waals surface area (Å²) in [5.41, 5.74) is 1.57. The second-order valence-electron chi connectivity index (χ2n) is 7.38. The van der Waals surface area contributed by atoms with Gasteiger partial charge in [-0.25, -0.2) is 4.79 Å². The highest BCUT2D eigenvalue weighted by Crippen LogP contribution is 2.32. The molecule has 6 heteroatoms. The van der Waals surface area contributed by atoms with Gasteiger partial charge in [-0.15, -0.1) is 0 Å². The van der Waals surface area contributed by atoms with Gasteiger partial charge in [0.1, 0.15) is 5.60 Å². The molecule has 0 radical (unpaired) electrons. The largest absolute Gasteiger partial charge is 0.465 e. The predicted octanol–water partition coefficient (Wildman–Crippen LogP) is 4.01. The molecule has 1 aliphatic heterocycles. The first-order chi connectivity index (χ1) is 11.9. The van der Waals surface area contributed by atoms with Gasteiger partial charge in [0.15, 0.2) is 0 Å². The second-order valence-corrected chi connectivity index (χ2v) is 7.38. The fraction of sp³-hybridized carbons (Fsp3) is 0.579. The number of nitrogens with zero attached hydrogens (tertiary/aromatic N) is 3. The molecule has 1 aromatic heterocycles. The Morgan fingerprint density at radius 2 is 1.92 bits per heavy atom. The number of carbonyl (C=O) groups is 1. The highest BCUT2D eigenvalue weighted by Gasteiger charge is 2.29. The molecule has 2 heterocycles. The van der Waals surface area contributed by atoms with Crippen LogP contribution in [0, 0.1) is 0 Å². The molecule has 1 aromatic carbocycles. The summed E-state index contributed by atoms with van der Waals surface area (Å²) < 4.78 is 13.4. The van der Waals surface area contributed by atoms with Crippen LogP contribution >= 0.6 is 0 Å². The summed E-state index contributed by atoms with van der Waals surface area (Å²) in [5.74, 6) is 0. The monoisotopic (exact) mass is 345 g/mol. The smallest absolute Gasteiger partial charge is 0.410 e. The molecule has 1 amide bonds. The first kappa shape index (κ1) is 17.6. The van der Waals surface area contributed by atoms with E-state index in [0.29, 0.717) is 25.7 Å². The predicted molar refractivity (Wildman–Crippen MR) is 97.0 cm³/mol. The van der Waals surface area contributed by atoms with Gasteiger partial charge in [-0.2, -0.15) is 4.98 Å². The van der Waals surface area contributed by atoms with E-state index in [-0.39, 0.29) is 12.1 Å². The van der Waals surface area contributed by atoms with Crippen LogP contribution in [0.4, 0.5) is 4.79 Å². The highest BCUT2D eigenvalue weighted by molar-refractivity contribution is 5.77. The maximum absolute atomic E-state index is 12.2. The number of amides is 1. The standard InChI is InChI=1S/C19H27N3O3/c1-5-24-17-20-15-8-6-7-9-16(15)22(17)14-10-12-21(13-11-14)18(23)25-19(2,3)4/h6-9,14H,5,10-13H2,1-4H3. The zero-order valence-electron chi connectivity index (χ0n) is 15.5. The van der Waals surface area contributed by atoms with Gasteiger partial charge in [-0.05, 0) is 52.7 Å². The van der Waals surface area contributed by atoms with Crippen molar-refractivity contribution in [2.24, 2.45) is 0 Å². The Balaban J connectivity index is 1.76. The van der Waals surface area contributed by atoms with Gasteiger partial charge in [-0.3, -0.25) is 4.57 Å².